The first kappa shape index (κ1) is 48.2. The molecule has 5 amide bonds. The number of nitrogens with zero attached hydrogens (tertiary/aromatic N) is 7. The number of methoxy groups -OCH3 is 1. The monoisotopic (exact) mass is 924 g/mol. The van der Waals surface area contributed by atoms with Crippen molar-refractivity contribution in [1.29, 1.82) is 0 Å². The molecule has 0 aliphatic carbocycles. The van der Waals surface area contributed by atoms with E-state index in [-0.39, 0.29) is 37.6 Å². The molecule has 1 aromatic carbocycles. The molecule has 6 bridgehead atoms. The number of rotatable bonds is 12. The number of urea groups is 1. The van der Waals surface area contributed by atoms with Gasteiger partial charge in [-0.1, -0.05) is 26.5 Å². The topological polar surface area (TPSA) is 193 Å². The Morgan fingerprint density at radius 2 is 1.88 bits per heavy atom. The number of fused-ring (bicyclic) bond motifs is 6. The first-order chi connectivity index (χ1) is 31.4. The molecule has 66 heavy (non-hydrogen) atoms. The van der Waals surface area contributed by atoms with Crippen molar-refractivity contribution in [3.63, 3.8) is 0 Å². The summed E-state index contributed by atoms with van der Waals surface area (Å²) in [4.78, 5) is 83.2. The Labute approximate surface area is 390 Å². The van der Waals surface area contributed by atoms with E-state index < -0.39 is 47.4 Å². The van der Waals surface area contributed by atoms with Gasteiger partial charge in [0.15, 0.2) is 0 Å². The minimum absolute atomic E-state index is 0.0404. The Bertz CT molecular complexity index is 2500. The second kappa shape index (κ2) is 20.0. The van der Waals surface area contributed by atoms with E-state index >= 15 is 0 Å². The van der Waals surface area contributed by atoms with Gasteiger partial charge in [0.1, 0.15) is 18.1 Å². The van der Waals surface area contributed by atoms with Crippen LogP contribution in [0.2, 0.25) is 0 Å². The summed E-state index contributed by atoms with van der Waals surface area (Å²) in [5, 5.41) is 10.9. The van der Waals surface area contributed by atoms with Crippen molar-refractivity contribution in [1.82, 2.24) is 50.3 Å². The number of cyclic esters (lactones) is 1. The van der Waals surface area contributed by atoms with Crippen LogP contribution in [0.5, 0.6) is 0 Å². The first-order valence-corrected chi connectivity index (χ1v) is 23.5. The predicted molar refractivity (Wildman–Crippen MR) is 253 cm³/mol. The predicted octanol–water partition coefficient (Wildman–Crippen LogP) is 4.56. The number of thiazole rings is 1. The van der Waals surface area contributed by atoms with Crippen LogP contribution in [0.4, 0.5) is 4.79 Å². The van der Waals surface area contributed by atoms with Crippen LogP contribution < -0.4 is 16.1 Å². The molecule has 354 valence electrons. The van der Waals surface area contributed by atoms with Crippen molar-refractivity contribution >= 4 is 52.0 Å². The number of carbonyl (C=O) groups excluding carboxylic acids is 5. The van der Waals surface area contributed by atoms with E-state index in [1.54, 1.807) is 39.2 Å². The Hall–Kier alpha value is -5.69. The van der Waals surface area contributed by atoms with Crippen LogP contribution in [0.1, 0.15) is 69.8 Å². The normalized spacial score (nSPS) is 20.4. The van der Waals surface area contributed by atoms with E-state index in [9.17, 15) is 24.0 Å². The van der Waals surface area contributed by atoms with E-state index in [0.29, 0.717) is 56.0 Å². The molecule has 17 nitrogen and oxygen atoms in total. The summed E-state index contributed by atoms with van der Waals surface area (Å²) in [6.07, 6.45) is 3.11. The molecule has 6 heterocycles. The molecule has 3 aliphatic rings. The maximum Gasteiger partial charge on any atom is 0.324 e. The summed E-state index contributed by atoms with van der Waals surface area (Å²) in [5.74, 6) is -1.57. The van der Waals surface area contributed by atoms with Crippen LogP contribution in [0.25, 0.3) is 33.4 Å². The van der Waals surface area contributed by atoms with E-state index in [4.69, 9.17) is 19.4 Å². The van der Waals surface area contributed by atoms with Crippen molar-refractivity contribution in [2.75, 3.05) is 61.0 Å². The third-order valence-electron chi connectivity index (χ3n) is 12.7. The van der Waals surface area contributed by atoms with Gasteiger partial charge in [-0.15, -0.1) is 11.3 Å². The molecular weight excluding hydrogens is 861 g/mol. The maximum atomic E-state index is 14.6. The number of aryl methyl sites for hydroxylation is 1. The van der Waals surface area contributed by atoms with Gasteiger partial charge in [0.25, 0.3) is 5.91 Å². The number of benzene rings is 1. The Balaban J connectivity index is 1.23. The first-order valence-electron chi connectivity index (χ1n) is 22.7. The molecule has 4 aromatic rings. The van der Waals surface area contributed by atoms with Crippen LogP contribution in [0, 0.1) is 5.41 Å². The van der Waals surface area contributed by atoms with Gasteiger partial charge >= 0.3 is 12.0 Å². The molecule has 2 fully saturated rings. The molecular formula is C48H64N10O7S. The minimum Gasteiger partial charge on any atom is -0.464 e. The van der Waals surface area contributed by atoms with E-state index in [1.807, 2.05) is 18.4 Å². The molecule has 0 spiro atoms. The fourth-order valence-corrected chi connectivity index (χ4v) is 9.78. The zero-order valence-corrected chi connectivity index (χ0v) is 40.4. The largest absolute Gasteiger partial charge is 0.464 e. The van der Waals surface area contributed by atoms with Crippen molar-refractivity contribution < 1.29 is 33.4 Å². The average Bonchev–Trinajstić information content (AvgIpc) is 3.98. The average molecular weight is 925 g/mol. The SMILES string of the molecule is C=C(C)[C@@H](C(=O)N[C@H]1Cc2nc(cs2)-c2ccc3c(c2)c(c(-c2cccnc2[C@H](C)OC)n3CC)CC(C)(C)COC(=O)[C@@H]2CCCN(N2)C1=O)N(C)C(=O)N(C)CCN(C)C(=O)[C@H]1CN1. The second-order valence-electron chi connectivity index (χ2n) is 18.6. The fraction of sp³-hybridized carbons (Fsp3) is 0.521. The molecule has 2 saturated heterocycles. The smallest absolute Gasteiger partial charge is 0.324 e. The summed E-state index contributed by atoms with van der Waals surface area (Å²) in [6, 6.07) is 6.64. The molecule has 0 saturated carbocycles. The lowest BCUT2D eigenvalue weighted by Gasteiger charge is -2.36. The van der Waals surface area contributed by atoms with Crippen LogP contribution in [-0.4, -0.2) is 149 Å². The number of hydrogen-bond acceptors (Lipinski definition) is 12. The molecule has 18 heteroatoms. The Morgan fingerprint density at radius 1 is 1.14 bits per heavy atom. The summed E-state index contributed by atoms with van der Waals surface area (Å²) in [6.45, 7) is 16.3. The number of ether oxygens (including phenoxy) is 2. The second-order valence-corrected chi connectivity index (χ2v) is 19.5. The van der Waals surface area contributed by atoms with Gasteiger partial charge in [-0.2, -0.15) is 0 Å². The quantitative estimate of drug-likeness (QED) is 0.103. The standard InChI is InChI=1S/C48H64N10O7S/c1-11-57-38-17-16-30-22-32(38)33(42(57)31-14-12-18-49-40(31)29(4)64-10)24-48(5,6)27-65-46(62)34-15-13-19-58(53-34)45(61)35(23-39-51-37(30)26-66-39)52-43(59)41(28(2)3)56(9)47(63)55(8)21-20-54(7)44(60)36-25-50-36/h12,14,16-18,22,26,29,34-36,41,50,53H,2,11,13,15,19-21,23-25,27H2,1,3-10H3,(H,52,59)/t29-,34-,35-,36+,41-/m0/s1. The van der Waals surface area contributed by atoms with E-state index in [2.05, 4.69) is 72.2 Å². The number of pyridine rings is 1. The summed E-state index contributed by atoms with van der Waals surface area (Å²) >= 11 is 1.39. The number of likely N-dealkylation sites (N-methyl/N-ethyl adjacent to an activating group) is 3. The van der Waals surface area contributed by atoms with Gasteiger partial charge in [-0.3, -0.25) is 29.2 Å². The zero-order valence-electron chi connectivity index (χ0n) is 39.6. The lowest BCUT2D eigenvalue weighted by molar-refractivity contribution is -0.155. The number of aromatic nitrogens is 3. The molecule has 7 rings (SSSR count). The zero-order chi connectivity index (χ0) is 47.6. The van der Waals surface area contributed by atoms with Gasteiger partial charge < -0.3 is 39.4 Å². The number of hydrogen-bond donors (Lipinski definition) is 3. The molecule has 0 unspecified atom stereocenters. The van der Waals surface area contributed by atoms with Crippen LogP contribution in [0.15, 0.2) is 54.1 Å². The highest BCUT2D eigenvalue weighted by Crippen LogP contribution is 2.42. The van der Waals surface area contributed by atoms with Crippen molar-refractivity contribution in [3.8, 4) is 22.5 Å². The Kier molecular flexibility index (Phi) is 14.7. The number of amides is 5. The maximum absolute atomic E-state index is 14.6. The van der Waals surface area contributed by atoms with E-state index in [1.165, 1.54) is 33.2 Å². The van der Waals surface area contributed by atoms with Crippen LogP contribution in [-0.2, 0) is 48.0 Å². The highest BCUT2D eigenvalue weighted by atomic mass is 32.1. The molecule has 3 aromatic heterocycles. The lowest BCUT2D eigenvalue weighted by atomic mass is 9.84. The summed E-state index contributed by atoms with van der Waals surface area (Å²) < 4.78 is 14.2. The van der Waals surface area contributed by atoms with E-state index in [0.717, 1.165) is 44.7 Å². The van der Waals surface area contributed by atoms with Crippen molar-refractivity contribution in [3.05, 3.63) is 70.3 Å². The molecule has 3 aliphatic heterocycles. The number of nitrogens with one attached hydrogen (secondary N) is 3. The van der Waals surface area contributed by atoms with Crippen LogP contribution >= 0.6 is 11.3 Å². The number of carbonyl (C=O) groups is 5. The Morgan fingerprint density at radius 3 is 2.58 bits per heavy atom. The van der Waals surface area contributed by atoms with Gasteiger partial charge in [-0.05, 0) is 75.4 Å². The van der Waals surface area contributed by atoms with Crippen molar-refractivity contribution in [2.45, 2.75) is 97.1 Å². The van der Waals surface area contributed by atoms with Gasteiger partial charge in [0.2, 0.25) is 11.8 Å². The minimum atomic E-state index is -1.13. The van der Waals surface area contributed by atoms with Crippen molar-refractivity contribution in [2.24, 2.45) is 5.41 Å². The summed E-state index contributed by atoms with van der Waals surface area (Å²) in [7, 11) is 6.49. The summed E-state index contributed by atoms with van der Waals surface area (Å²) in [5.41, 5.74) is 9.55. The molecule has 5 atom stereocenters. The third kappa shape index (κ3) is 10.3. The molecule has 0 radical (unpaired) electrons. The third-order valence-corrected chi connectivity index (χ3v) is 13.6. The lowest BCUT2D eigenvalue weighted by Crippen LogP contribution is -2.62. The van der Waals surface area contributed by atoms with Gasteiger partial charge in [0, 0.05) is 106 Å². The highest BCUT2D eigenvalue weighted by molar-refractivity contribution is 7.10. The van der Waals surface area contributed by atoms with Crippen LogP contribution in [0.3, 0.4) is 0 Å². The number of hydrazine groups is 1. The number of esters is 1. The molecule has 3 N–H and O–H groups in total. The highest BCUT2D eigenvalue weighted by Gasteiger charge is 2.38. The van der Waals surface area contributed by atoms with Gasteiger partial charge in [-0.25, -0.2) is 15.2 Å². The van der Waals surface area contributed by atoms with Gasteiger partial charge in [0.05, 0.1) is 40.8 Å². The fourth-order valence-electron chi connectivity index (χ4n) is 8.93.